The summed E-state index contributed by atoms with van der Waals surface area (Å²) in [4.78, 5) is 29.8. The highest BCUT2D eigenvalue weighted by molar-refractivity contribution is 6.31. The molecule has 0 bridgehead atoms. The fraction of sp³-hybridized carbons (Fsp3) is 0.154. The maximum atomic E-state index is 13.3. The molecule has 2 heterocycles. The molecule has 5 rings (SSSR count). The van der Waals surface area contributed by atoms with Crippen LogP contribution in [0.25, 0.3) is 10.9 Å². The van der Waals surface area contributed by atoms with E-state index in [1.165, 1.54) is 6.92 Å². The van der Waals surface area contributed by atoms with E-state index in [-0.39, 0.29) is 0 Å². The molecule has 172 valence electrons. The fourth-order valence-electron chi connectivity index (χ4n) is 4.35. The second-order valence-electron chi connectivity index (χ2n) is 8.04. The van der Waals surface area contributed by atoms with Gasteiger partial charge in [-0.1, -0.05) is 35.3 Å². The zero-order chi connectivity index (χ0) is 23.8. The van der Waals surface area contributed by atoms with Gasteiger partial charge in [-0.3, -0.25) is 9.69 Å². The summed E-state index contributed by atoms with van der Waals surface area (Å²) in [5, 5.41) is 2.25. The molecule has 34 heavy (non-hydrogen) atoms. The molecule has 1 amide bonds. The lowest BCUT2D eigenvalue weighted by Crippen LogP contribution is -2.42. The number of nitrogens with zero attached hydrogens (tertiary/aromatic N) is 1. The van der Waals surface area contributed by atoms with Crippen molar-refractivity contribution in [3.8, 4) is 11.5 Å². The number of hydrogen-bond acceptors (Lipinski definition) is 4. The highest BCUT2D eigenvalue weighted by Crippen LogP contribution is 2.40. The van der Waals surface area contributed by atoms with Crippen LogP contribution in [0.5, 0.6) is 11.5 Å². The number of ether oxygens (including phenoxy) is 2. The highest BCUT2D eigenvalue weighted by atomic mass is 35.5. The van der Waals surface area contributed by atoms with Crippen molar-refractivity contribution < 1.29 is 19.1 Å². The molecule has 0 spiro atoms. The molecule has 1 N–H and O–H groups in total. The summed E-state index contributed by atoms with van der Waals surface area (Å²) in [6.07, 6.45) is 0.173. The van der Waals surface area contributed by atoms with E-state index in [0.717, 1.165) is 27.7 Å². The zero-order valence-corrected chi connectivity index (χ0v) is 19.7. The quantitative estimate of drug-likeness (QED) is 0.259. The maximum Gasteiger partial charge on any atom is 0.416 e. The minimum atomic E-state index is -0.473. The molecule has 0 unspecified atom stereocenters. The van der Waals surface area contributed by atoms with Gasteiger partial charge in [0.1, 0.15) is 17.5 Å². The summed E-state index contributed by atoms with van der Waals surface area (Å²) in [5.41, 5.74) is 3.81. The van der Waals surface area contributed by atoms with Crippen molar-refractivity contribution in [2.75, 3.05) is 6.54 Å². The standard InChI is InChI=1S/C26H20Cl2N2O4/c1-15(31)33-19-7-2-16(3-8-19)25-24-21(22-14-18(28)6-11-23(22)29-24)12-13-30(25)26(32)34-20-9-4-17(27)5-10-20/h2-11,14,25,29H,12-13H2,1H3/t25-/m1/s1. The van der Waals surface area contributed by atoms with E-state index in [0.29, 0.717) is 34.5 Å². The Kier molecular flexibility index (Phi) is 5.94. The van der Waals surface area contributed by atoms with Gasteiger partial charge in [-0.2, -0.15) is 0 Å². The van der Waals surface area contributed by atoms with Crippen LogP contribution in [0.4, 0.5) is 4.79 Å². The van der Waals surface area contributed by atoms with Gasteiger partial charge in [0.05, 0.1) is 0 Å². The Labute approximate surface area is 206 Å². The average Bonchev–Trinajstić information content (AvgIpc) is 3.18. The summed E-state index contributed by atoms with van der Waals surface area (Å²) >= 11 is 12.2. The Morgan fingerprint density at radius 1 is 0.912 bits per heavy atom. The lowest BCUT2D eigenvalue weighted by atomic mass is 9.92. The van der Waals surface area contributed by atoms with E-state index in [1.807, 2.05) is 30.3 Å². The molecule has 0 saturated carbocycles. The van der Waals surface area contributed by atoms with Gasteiger partial charge in [0.15, 0.2) is 0 Å². The normalized spacial score (nSPS) is 15.1. The molecule has 1 atom stereocenters. The average molecular weight is 495 g/mol. The predicted octanol–water partition coefficient (Wildman–Crippen LogP) is 6.55. The van der Waals surface area contributed by atoms with Crippen molar-refractivity contribution >= 4 is 46.2 Å². The molecule has 0 aliphatic carbocycles. The van der Waals surface area contributed by atoms with E-state index in [9.17, 15) is 9.59 Å². The summed E-state index contributed by atoms with van der Waals surface area (Å²) < 4.78 is 10.8. The lowest BCUT2D eigenvalue weighted by molar-refractivity contribution is -0.131. The SMILES string of the molecule is CC(=O)Oc1ccc([C@@H]2c3[nH]c4ccc(Cl)cc4c3CCN2C(=O)Oc2ccc(Cl)cc2)cc1. The molecule has 4 aromatic rings. The Bertz CT molecular complexity index is 1380. The number of hydrogen-bond donors (Lipinski definition) is 1. The monoisotopic (exact) mass is 494 g/mol. The number of nitrogens with one attached hydrogen (secondary N) is 1. The first-order valence-electron chi connectivity index (χ1n) is 10.7. The minimum absolute atomic E-state index is 0.395. The molecular weight excluding hydrogens is 475 g/mol. The van der Waals surface area contributed by atoms with Gasteiger partial charge in [0, 0.05) is 40.1 Å². The molecule has 1 aliphatic rings. The van der Waals surface area contributed by atoms with Gasteiger partial charge in [0.2, 0.25) is 0 Å². The lowest BCUT2D eigenvalue weighted by Gasteiger charge is -2.35. The number of halogens is 2. The molecule has 1 aromatic heterocycles. The number of benzene rings is 3. The Hall–Kier alpha value is -3.48. The zero-order valence-electron chi connectivity index (χ0n) is 18.2. The van der Waals surface area contributed by atoms with Gasteiger partial charge in [-0.15, -0.1) is 0 Å². The van der Waals surface area contributed by atoms with Crippen LogP contribution in [0, 0.1) is 0 Å². The van der Waals surface area contributed by atoms with Gasteiger partial charge < -0.3 is 14.5 Å². The van der Waals surface area contributed by atoms with Crippen LogP contribution in [0.1, 0.15) is 29.8 Å². The van der Waals surface area contributed by atoms with Crippen LogP contribution in [0.2, 0.25) is 10.0 Å². The Morgan fingerprint density at radius 3 is 2.26 bits per heavy atom. The third-order valence-corrected chi connectivity index (χ3v) is 6.29. The number of fused-ring (bicyclic) bond motifs is 3. The largest absolute Gasteiger partial charge is 0.427 e. The molecule has 8 heteroatoms. The van der Waals surface area contributed by atoms with Gasteiger partial charge in [-0.25, -0.2) is 4.79 Å². The first-order chi connectivity index (χ1) is 16.4. The van der Waals surface area contributed by atoms with Crippen molar-refractivity contribution in [2.45, 2.75) is 19.4 Å². The van der Waals surface area contributed by atoms with Gasteiger partial charge >= 0.3 is 12.1 Å². The van der Waals surface area contributed by atoms with E-state index in [1.54, 1.807) is 41.3 Å². The number of rotatable bonds is 3. The number of aromatic amines is 1. The van der Waals surface area contributed by atoms with Crippen LogP contribution < -0.4 is 9.47 Å². The summed E-state index contributed by atoms with van der Waals surface area (Å²) in [7, 11) is 0. The number of esters is 1. The molecule has 6 nitrogen and oxygen atoms in total. The number of H-pyrrole nitrogens is 1. The van der Waals surface area contributed by atoms with E-state index < -0.39 is 18.1 Å². The van der Waals surface area contributed by atoms with Crippen molar-refractivity contribution in [2.24, 2.45) is 0 Å². The molecule has 3 aromatic carbocycles. The third-order valence-electron chi connectivity index (χ3n) is 5.80. The second kappa shape index (κ2) is 9.05. The summed E-state index contributed by atoms with van der Waals surface area (Å²) in [6, 6.07) is 19.1. The second-order valence-corrected chi connectivity index (χ2v) is 8.91. The van der Waals surface area contributed by atoms with E-state index >= 15 is 0 Å². The fourth-order valence-corrected chi connectivity index (χ4v) is 4.65. The van der Waals surface area contributed by atoms with E-state index in [4.69, 9.17) is 32.7 Å². The van der Waals surface area contributed by atoms with Crippen LogP contribution in [-0.4, -0.2) is 28.5 Å². The number of carbonyl (C=O) groups is 2. The summed E-state index contributed by atoms with van der Waals surface area (Å²) in [6.45, 7) is 1.81. The smallest absolute Gasteiger partial charge is 0.416 e. The van der Waals surface area contributed by atoms with Crippen molar-refractivity contribution in [3.63, 3.8) is 0 Å². The maximum absolute atomic E-state index is 13.3. The van der Waals surface area contributed by atoms with Gasteiger partial charge in [0.25, 0.3) is 0 Å². The van der Waals surface area contributed by atoms with Crippen LogP contribution in [-0.2, 0) is 11.2 Å². The first kappa shape index (κ1) is 22.3. The third kappa shape index (κ3) is 4.34. The first-order valence-corrected chi connectivity index (χ1v) is 11.5. The topological polar surface area (TPSA) is 71.6 Å². The van der Waals surface area contributed by atoms with Crippen molar-refractivity contribution in [3.05, 3.63) is 93.6 Å². The molecule has 0 radical (unpaired) electrons. The van der Waals surface area contributed by atoms with Gasteiger partial charge in [-0.05, 0) is 72.1 Å². The van der Waals surface area contributed by atoms with Crippen molar-refractivity contribution in [1.82, 2.24) is 9.88 Å². The predicted molar refractivity (Wildman–Crippen MR) is 131 cm³/mol. The Balaban J connectivity index is 1.55. The number of carbonyl (C=O) groups excluding carboxylic acids is 2. The highest BCUT2D eigenvalue weighted by Gasteiger charge is 2.35. The molecule has 1 aliphatic heterocycles. The van der Waals surface area contributed by atoms with Crippen molar-refractivity contribution in [1.29, 1.82) is 0 Å². The number of amides is 1. The molecule has 0 fully saturated rings. The van der Waals surface area contributed by atoms with E-state index in [2.05, 4.69) is 4.98 Å². The summed E-state index contributed by atoms with van der Waals surface area (Å²) in [5.74, 6) is 0.451. The van der Waals surface area contributed by atoms with Crippen LogP contribution in [0.15, 0.2) is 66.7 Å². The number of aromatic nitrogens is 1. The Morgan fingerprint density at radius 2 is 1.56 bits per heavy atom. The van der Waals surface area contributed by atoms with Crippen LogP contribution in [0.3, 0.4) is 0 Å². The molecule has 0 saturated heterocycles. The van der Waals surface area contributed by atoms with Crippen LogP contribution >= 0.6 is 23.2 Å². The minimum Gasteiger partial charge on any atom is -0.427 e. The molecular formula is C26H20Cl2N2O4.